The lowest BCUT2D eigenvalue weighted by Gasteiger charge is -2.12. The number of carbonyl (C=O) groups excluding carboxylic acids is 1. The lowest BCUT2D eigenvalue weighted by atomic mass is 10.1. The molecule has 27 heavy (non-hydrogen) atoms. The number of unbranched alkanes of at least 4 members (excludes halogenated alkanes) is 8. The maximum atomic E-state index is 12.2. The zero-order valence-corrected chi connectivity index (χ0v) is 16.8. The lowest BCUT2D eigenvalue weighted by molar-refractivity contribution is -0.384. The molecular formula is C21H34N2O4. The monoisotopic (exact) mass is 378 g/mol. The highest BCUT2D eigenvalue weighted by Gasteiger charge is 2.14. The van der Waals surface area contributed by atoms with Gasteiger partial charge >= 0.3 is 0 Å². The fourth-order valence-electron chi connectivity index (χ4n) is 2.88. The van der Waals surface area contributed by atoms with E-state index in [1.165, 1.54) is 50.7 Å². The van der Waals surface area contributed by atoms with Crippen molar-refractivity contribution < 1.29 is 14.5 Å². The number of anilines is 1. The molecule has 1 N–H and O–H groups in total. The van der Waals surface area contributed by atoms with Crippen molar-refractivity contribution in [3.63, 3.8) is 0 Å². The maximum absolute atomic E-state index is 12.2. The maximum Gasteiger partial charge on any atom is 0.271 e. The van der Waals surface area contributed by atoms with Crippen molar-refractivity contribution in [2.75, 3.05) is 11.9 Å². The van der Waals surface area contributed by atoms with Gasteiger partial charge in [0.05, 0.1) is 17.2 Å². The van der Waals surface area contributed by atoms with E-state index in [0.29, 0.717) is 24.5 Å². The second kappa shape index (κ2) is 14.0. The van der Waals surface area contributed by atoms with E-state index in [1.54, 1.807) is 6.07 Å². The molecule has 0 atom stereocenters. The number of amides is 1. The standard InChI is InChI=1S/C21H34N2O4/c1-3-5-6-7-8-9-10-11-12-13-21(24)22-19-17-18(23(25)26)14-15-20(19)27-16-4-2/h14-15,17H,3-13,16H2,1-2H3,(H,22,24). The van der Waals surface area contributed by atoms with E-state index in [-0.39, 0.29) is 11.6 Å². The molecule has 1 aromatic rings. The molecule has 0 spiro atoms. The Labute approximate surface area is 162 Å². The Hall–Kier alpha value is -2.11. The quantitative estimate of drug-likeness (QED) is 0.222. The first kappa shape index (κ1) is 22.9. The average molecular weight is 379 g/mol. The molecule has 0 radical (unpaired) electrons. The Bertz CT molecular complexity index is 575. The van der Waals surface area contributed by atoms with Crippen molar-refractivity contribution in [3.8, 4) is 5.75 Å². The van der Waals surface area contributed by atoms with Crippen LogP contribution in [0.1, 0.15) is 84.5 Å². The number of nitro benzene ring substituents is 1. The first-order valence-corrected chi connectivity index (χ1v) is 10.3. The number of benzene rings is 1. The smallest absolute Gasteiger partial charge is 0.271 e. The van der Waals surface area contributed by atoms with E-state index < -0.39 is 4.92 Å². The first-order chi connectivity index (χ1) is 13.1. The second-order valence-corrected chi connectivity index (χ2v) is 6.91. The van der Waals surface area contributed by atoms with Crippen LogP contribution in [-0.2, 0) is 4.79 Å². The molecule has 0 fully saturated rings. The Morgan fingerprint density at radius 3 is 2.22 bits per heavy atom. The van der Waals surface area contributed by atoms with Crippen LogP contribution in [0.4, 0.5) is 11.4 Å². The van der Waals surface area contributed by atoms with Crippen molar-refractivity contribution in [1.29, 1.82) is 0 Å². The third-order valence-corrected chi connectivity index (χ3v) is 4.42. The minimum atomic E-state index is -0.472. The number of nitrogens with zero attached hydrogens (tertiary/aromatic N) is 1. The number of rotatable bonds is 15. The topological polar surface area (TPSA) is 81.5 Å². The predicted molar refractivity (Wildman–Crippen MR) is 109 cm³/mol. The van der Waals surface area contributed by atoms with Gasteiger partial charge in [-0.25, -0.2) is 0 Å². The van der Waals surface area contributed by atoms with Crippen molar-refractivity contribution in [2.45, 2.75) is 84.5 Å². The Morgan fingerprint density at radius 1 is 1.00 bits per heavy atom. The van der Waals surface area contributed by atoms with Crippen LogP contribution in [0.5, 0.6) is 5.75 Å². The Morgan fingerprint density at radius 2 is 1.63 bits per heavy atom. The summed E-state index contributed by atoms with van der Waals surface area (Å²) in [6.07, 6.45) is 12.0. The molecule has 0 aliphatic heterocycles. The van der Waals surface area contributed by atoms with Gasteiger partial charge in [0.1, 0.15) is 5.75 Å². The number of nitrogens with one attached hydrogen (secondary N) is 1. The van der Waals surface area contributed by atoms with E-state index >= 15 is 0 Å². The summed E-state index contributed by atoms with van der Waals surface area (Å²) in [5.41, 5.74) is 0.316. The molecule has 0 saturated heterocycles. The van der Waals surface area contributed by atoms with E-state index in [4.69, 9.17) is 4.74 Å². The SMILES string of the molecule is CCCCCCCCCCCC(=O)Nc1cc([N+](=O)[O-])ccc1OCCC. The minimum Gasteiger partial charge on any atom is -0.491 e. The molecule has 0 saturated carbocycles. The molecule has 0 aromatic heterocycles. The summed E-state index contributed by atoms with van der Waals surface area (Å²) in [5.74, 6) is 0.350. The fourth-order valence-corrected chi connectivity index (χ4v) is 2.88. The van der Waals surface area contributed by atoms with Crippen molar-refractivity contribution in [3.05, 3.63) is 28.3 Å². The fraction of sp³-hybridized carbons (Fsp3) is 0.667. The highest BCUT2D eigenvalue weighted by molar-refractivity contribution is 5.92. The first-order valence-electron chi connectivity index (χ1n) is 10.3. The van der Waals surface area contributed by atoms with Gasteiger partial charge in [0.15, 0.2) is 0 Å². The van der Waals surface area contributed by atoms with Gasteiger partial charge in [-0.15, -0.1) is 0 Å². The predicted octanol–water partition coefficient (Wildman–Crippen LogP) is 6.24. The van der Waals surface area contributed by atoms with Crippen LogP contribution in [0.25, 0.3) is 0 Å². The summed E-state index contributed by atoms with van der Waals surface area (Å²) >= 11 is 0. The molecule has 0 bridgehead atoms. The van der Waals surface area contributed by atoms with E-state index in [9.17, 15) is 14.9 Å². The van der Waals surface area contributed by atoms with Gasteiger partial charge in [0.25, 0.3) is 5.69 Å². The van der Waals surface area contributed by atoms with Gasteiger partial charge < -0.3 is 10.1 Å². The van der Waals surface area contributed by atoms with Gasteiger partial charge in [0.2, 0.25) is 5.91 Å². The van der Waals surface area contributed by atoms with Crippen LogP contribution in [0, 0.1) is 10.1 Å². The van der Waals surface area contributed by atoms with Crippen LogP contribution in [0.15, 0.2) is 18.2 Å². The average Bonchev–Trinajstić information content (AvgIpc) is 2.65. The zero-order valence-electron chi connectivity index (χ0n) is 16.8. The molecule has 6 heteroatoms. The summed E-state index contributed by atoms with van der Waals surface area (Å²) in [7, 11) is 0. The number of nitro groups is 1. The van der Waals surface area contributed by atoms with Gasteiger partial charge in [-0.2, -0.15) is 0 Å². The van der Waals surface area contributed by atoms with Crippen LogP contribution in [0.2, 0.25) is 0 Å². The molecule has 0 heterocycles. The Balaban J connectivity index is 2.37. The summed E-state index contributed by atoms with van der Waals surface area (Å²) in [5, 5.41) is 13.7. The largest absolute Gasteiger partial charge is 0.491 e. The molecule has 152 valence electrons. The van der Waals surface area contributed by atoms with Gasteiger partial charge in [-0.05, 0) is 18.9 Å². The van der Waals surface area contributed by atoms with Gasteiger partial charge in [0, 0.05) is 18.6 Å². The minimum absolute atomic E-state index is 0.0581. The van der Waals surface area contributed by atoms with Crippen LogP contribution >= 0.6 is 0 Å². The molecule has 1 rings (SSSR count). The number of ether oxygens (including phenoxy) is 1. The summed E-state index contributed by atoms with van der Waals surface area (Å²) in [4.78, 5) is 22.7. The summed E-state index contributed by atoms with van der Waals surface area (Å²) in [6, 6.07) is 4.29. The third-order valence-electron chi connectivity index (χ3n) is 4.42. The molecule has 1 aromatic carbocycles. The zero-order chi connectivity index (χ0) is 19.9. The number of non-ortho nitro benzene ring substituents is 1. The van der Waals surface area contributed by atoms with Crippen molar-refractivity contribution in [2.24, 2.45) is 0 Å². The van der Waals surface area contributed by atoms with Crippen molar-refractivity contribution >= 4 is 17.3 Å². The van der Waals surface area contributed by atoms with E-state index in [2.05, 4.69) is 12.2 Å². The molecule has 0 aliphatic carbocycles. The van der Waals surface area contributed by atoms with Gasteiger partial charge in [-0.1, -0.05) is 65.2 Å². The summed E-state index contributed by atoms with van der Waals surface area (Å²) in [6.45, 7) is 4.70. The van der Waals surface area contributed by atoms with E-state index in [1.807, 2.05) is 6.92 Å². The number of carbonyl (C=O) groups is 1. The number of hydrogen-bond acceptors (Lipinski definition) is 4. The second-order valence-electron chi connectivity index (χ2n) is 6.91. The third kappa shape index (κ3) is 9.97. The highest BCUT2D eigenvalue weighted by atomic mass is 16.6. The van der Waals surface area contributed by atoms with Gasteiger partial charge in [-0.3, -0.25) is 14.9 Å². The van der Waals surface area contributed by atoms with E-state index in [0.717, 1.165) is 25.7 Å². The lowest BCUT2D eigenvalue weighted by Crippen LogP contribution is -2.12. The highest BCUT2D eigenvalue weighted by Crippen LogP contribution is 2.29. The van der Waals surface area contributed by atoms with Crippen LogP contribution < -0.4 is 10.1 Å². The Kier molecular flexibility index (Phi) is 11.9. The number of hydrogen-bond donors (Lipinski definition) is 1. The molecule has 0 unspecified atom stereocenters. The van der Waals surface area contributed by atoms with Crippen LogP contribution in [-0.4, -0.2) is 17.4 Å². The normalized spacial score (nSPS) is 10.6. The molecular weight excluding hydrogens is 344 g/mol. The molecule has 0 aliphatic rings. The molecule has 6 nitrogen and oxygen atoms in total. The molecule has 1 amide bonds. The van der Waals surface area contributed by atoms with Crippen molar-refractivity contribution in [1.82, 2.24) is 0 Å². The van der Waals surface area contributed by atoms with Crippen LogP contribution in [0.3, 0.4) is 0 Å². The summed E-state index contributed by atoms with van der Waals surface area (Å²) < 4.78 is 5.58.